The first-order valence-corrected chi connectivity index (χ1v) is 6.90. The molecule has 3 rings (SSSR count). The maximum atomic E-state index is 12.4. The SMILES string of the molecule is CN1CCc2c(cncc2C(=O)NC2CCNC2)C1. The van der Waals surface area contributed by atoms with Gasteiger partial charge in [-0.3, -0.25) is 9.78 Å². The minimum Gasteiger partial charge on any atom is -0.348 e. The van der Waals surface area contributed by atoms with Gasteiger partial charge in [0.15, 0.2) is 0 Å². The fourth-order valence-electron chi connectivity index (χ4n) is 2.87. The van der Waals surface area contributed by atoms with Gasteiger partial charge in [0, 0.05) is 38.1 Å². The number of rotatable bonds is 2. The summed E-state index contributed by atoms with van der Waals surface area (Å²) >= 11 is 0. The molecular formula is C14H20N4O. The largest absolute Gasteiger partial charge is 0.348 e. The van der Waals surface area contributed by atoms with E-state index >= 15 is 0 Å². The summed E-state index contributed by atoms with van der Waals surface area (Å²) in [5.41, 5.74) is 3.13. The highest BCUT2D eigenvalue weighted by atomic mass is 16.1. The molecule has 1 aromatic heterocycles. The summed E-state index contributed by atoms with van der Waals surface area (Å²) in [4.78, 5) is 18.8. The molecule has 0 bridgehead atoms. The Kier molecular flexibility index (Phi) is 3.48. The van der Waals surface area contributed by atoms with Crippen LogP contribution in [0.15, 0.2) is 12.4 Å². The molecule has 1 fully saturated rings. The predicted molar refractivity (Wildman–Crippen MR) is 73.0 cm³/mol. The third kappa shape index (κ3) is 2.62. The number of carbonyl (C=O) groups excluding carboxylic acids is 1. The minimum atomic E-state index is 0.0302. The summed E-state index contributed by atoms with van der Waals surface area (Å²) in [6, 6.07) is 0.259. The third-order valence-corrected chi connectivity index (χ3v) is 3.97. The highest BCUT2D eigenvalue weighted by Gasteiger charge is 2.23. The van der Waals surface area contributed by atoms with E-state index in [0.717, 1.165) is 44.6 Å². The molecule has 19 heavy (non-hydrogen) atoms. The van der Waals surface area contributed by atoms with E-state index in [9.17, 15) is 4.79 Å². The van der Waals surface area contributed by atoms with Crippen LogP contribution in [-0.2, 0) is 13.0 Å². The molecule has 0 saturated carbocycles. The van der Waals surface area contributed by atoms with Crippen LogP contribution in [-0.4, -0.2) is 48.5 Å². The Hall–Kier alpha value is -1.46. The molecule has 0 spiro atoms. The molecule has 2 aliphatic heterocycles. The normalized spacial score (nSPS) is 23.1. The second-order valence-electron chi connectivity index (χ2n) is 5.48. The quantitative estimate of drug-likeness (QED) is 0.795. The third-order valence-electron chi connectivity index (χ3n) is 3.97. The number of pyridine rings is 1. The number of carbonyl (C=O) groups is 1. The van der Waals surface area contributed by atoms with E-state index in [1.54, 1.807) is 6.20 Å². The van der Waals surface area contributed by atoms with Gasteiger partial charge in [0.2, 0.25) is 0 Å². The van der Waals surface area contributed by atoms with Gasteiger partial charge in [-0.2, -0.15) is 0 Å². The summed E-state index contributed by atoms with van der Waals surface area (Å²) in [5, 5.41) is 6.36. The molecule has 2 aliphatic rings. The van der Waals surface area contributed by atoms with E-state index < -0.39 is 0 Å². The van der Waals surface area contributed by atoms with Crippen LogP contribution in [0.1, 0.15) is 27.9 Å². The van der Waals surface area contributed by atoms with E-state index in [1.165, 1.54) is 11.1 Å². The number of hydrogen-bond donors (Lipinski definition) is 2. The first-order chi connectivity index (χ1) is 9.24. The summed E-state index contributed by atoms with van der Waals surface area (Å²) in [6.45, 7) is 3.74. The second-order valence-corrected chi connectivity index (χ2v) is 5.48. The van der Waals surface area contributed by atoms with Crippen LogP contribution >= 0.6 is 0 Å². The van der Waals surface area contributed by atoms with Gasteiger partial charge in [-0.15, -0.1) is 0 Å². The molecule has 1 aromatic rings. The van der Waals surface area contributed by atoms with Crippen LogP contribution < -0.4 is 10.6 Å². The number of aromatic nitrogens is 1. The van der Waals surface area contributed by atoms with Crippen molar-refractivity contribution >= 4 is 5.91 Å². The molecule has 102 valence electrons. The molecule has 1 amide bonds. The zero-order valence-electron chi connectivity index (χ0n) is 11.3. The van der Waals surface area contributed by atoms with E-state index in [2.05, 4.69) is 27.6 Å². The Morgan fingerprint density at radius 2 is 2.42 bits per heavy atom. The molecule has 0 radical (unpaired) electrons. The molecule has 5 nitrogen and oxygen atoms in total. The smallest absolute Gasteiger partial charge is 0.253 e. The molecule has 1 atom stereocenters. The van der Waals surface area contributed by atoms with Gasteiger partial charge < -0.3 is 15.5 Å². The Labute approximate surface area is 113 Å². The summed E-state index contributed by atoms with van der Waals surface area (Å²) < 4.78 is 0. The first kappa shape index (κ1) is 12.6. The second kappa shape index (κ2) is 5.27. The zero-order chi connectivity index (χ0) is 13.2. The topological polar surface area (TPSA) is 57.3 Å². The van der Waals surface area contributed by atoms with Crippen LogP contribution in [0.25, 0.3) is 0 Å². The number of nitrogens with one attached hydrogen (secondary N) is 2. The van der Waals surface area contributed by atoms with Crippen molar-refractivity contribution < 1.29 is 4.79 Å². The standard InChI is InChI=1S/C14H20N4O/c1-18-5-3-12-10(9-18)6-16-8-13(12)14(19)17-11-2-4-15-7-11/h6,8,11,15H,2-5,7,9H2,1H3,(H,17,19). The lowest BCUT2D eigenvalue weighted by Crippen LogP contribution is -2.37. The Balaban J connectivity index is 1.80. The lowest BCUT2D eigenvalue weighted by molar-refractivity contribution is 0.0938. The van der Waals surface area contributed by atoms with Gasteiger partial charge in [0.1, 0.15) is 0 Å². The number of fused-ring (bicyclic) bond motifs is 1. The highest BCUT2D eigenvalue weighted by molar-refractivity contribution is 5.96. The van der Waals surface area contributed by atoms with Crippen molar-refractivity contribution in [1.82, 2.24) is 20.5 Å². The van der Waals surface area contributed by atoms with E-state index in [0.29, 0.717) is 0 Å². The van der Waals surface area contributed by atoms with Crippen LogP contribution in [0.2, 0.25) is 0 Å². The van der Waals surface area contributed by atoms with Gasteiger partial charge in [-0.1, -0.05) is 0 Å². The van der Waals surface area contributed by atoms with Crippen LogP contribution in [0, 0.1) is 0 Å². The summed E-state index contributed by atoms with van der Waals surface area (Å²) in [5.74, 6) is 0.0302. The number of hydrogen-bond acceptors (Lipinski definition) is 4. The molecule has 3 heterocycles. The van der Waals surface area contributed by atoms with Crippen molar-refractivity contribution in [2.45, 2.75) is 25.4 Å². The Morgan fingerprint density at radius 3 is 3.21 bits per heavy atom. The van der Waals surface area contributed by atoms with Crippen molar-refractivity contribution in [2.75, 3.05) is 26.7 Å². The molecule has 2 N–H and O–H groups in total. The van der Waals surface area contributed by atoms with Crippen LogP contribution in [0.4, 0.5) is 0 Å². The van der Waals surface area contributed by atoms with Crippen molar-refractivity contribution in [3.63, 3.8) is 0 Å². The van der Waals surface area contributed by atoms with Crippen molar-refractivity contribution in [1.29, 1.82) is 0 Å². The molecule has 1 saturated heterocycles. The van der Waals surface area contributed by atoms with Crippen LogP contribution in [0.5, 0.6) is 0 Å². The van der Waals surface area contributed by atoms with E-state index in [4.69, 9.17) is 0 Å². The van der Waals surface area contributed by atoms with Crippen molar-refractivity contribution in [3.05, 3.63) is 29.1 Å². The summed E-state index contributed by atoms with van der Waals surface area (Å²) in [7, 11) is 2.10. The van der Waals surface area contributed by atoms with Gasteiger partial charge in [-0.25, -0.2) is 0 Å². The molecular weight excluding hydrogens is 240 g/mol. The average molecular weight is 260 g/mol. The number of nitrogens with zero attached hydrogens (tertiary/aromatic N) is 2. The Bertz CT molecular complexity index is 482. The predicted octanol–water partition coefficient (Wildman–Crippen LogP) is 0.161. The van der Waals surface area contributed by atoms with Crippen LogP contribution in [0.3, 0.4) is 0 Å². The fourth-order valence-corrected chi connectivity index (χ4v) is 2.87. The van der Waals surface area contributed by atoms with Crippen molar-refractivity contribution in [3.8, 4) is 0 Å². The highest BCUT2D eigenvalue weighted by Crippen LogP contribution is 2.20. The maximum Gasteiger partial charge on any atom is 0.253 e. The average Bonchev–Trinajstić information content (AvgIpc) is 2.90. The number of likely N-dealkylation sites (N-methyl/N-ethyl adjacent to an activating group) is 1. The summed E-state index contributed by atoms with van der Waals surface area (Å²) in [6.07, 6.45) is 5.54. The van der Waals surface area contributed by atoms with Gasteiger partial charge in [0.25, 0.3) is 5.91 Å². The van der Waals surface area contributed by atoms with Gasteiger partial charge in [-0.05, 0) is 37.6 Å². The maximum absolute atomic E-state index is 12.4. The zero-order valence-corrected chi connectivity index (χ0v) is 11.3. The fraction of sp³-hybridized carbons (Fsp3) is 0.571. The minimum absolute atomic E-state index is 0.0302. The Morgan fingerprint density at radius 1 is 1.53 bits per heavy atom. The lowest BCUT2D eigenvalue weighted by atomic mass is 9.97. The number of amides is 1. The van der Waals surface area contributed by atoms with E-state index in [1.807, 2.05) is 6.20 Å². The molecule has 0 aliphatic carbocycles. The molecule has 1 unspecified atom stereocenters. The molecule has 0 aromatic carbocycles. The van der Waals surface area contributed by atoms with Gasteiger partial charge in [0.05, 0.1) is 5.56 Å². The van der Waals surface area contributed by atoms with Crippen molar-refractivity contribution in [2.24, 2.45) is 0 Å². The van der Waals surface area contributed by atoms with E-state index in [-0.39, 0.29) is 11.9 Å². The first-order valence-electron chi connectivity index (χ1n) is 6.90. The molecule has 5 heteroatoms. The van der Waals surface area contributed by atoms with Gasteiger partial charge >= 0.3 is 0 Å². The lowest BCUT2D eigenvalue weighted by Gasteiger charge is -2.26. The monoisotopic (exact) mass is 260 g/mol.